The minimum Gasteiger partial charge on any atom is -0.481 e. The molecule has 5 aromatic rings. The number of hydrogen-bond donors (Lipinski definition) is 2. The van der Waals surface area contributed by atoms with Crippen molar-refractivity contribution >= 4 is 28.7 Å². The largest absolute Gasteiger partial charge is 0.481 e. The first-order valence-corrected chi connectivity index (χ1v) is 17.3. The average molecular weight is 670 g/mol. The van der Waals surface area contributed by atoms with Crippen molar-refractivity contribution in [2.24, 2.45) is 13.0 Å². The summed E-state index contributed by atoms with van der Waals surface area (Å²) in [4.78, 5) is 39.3. The van der Waals surface area contributed by atoms with Crippen LogP contribution in [0.4, 0.5) is 5.69 Å². The highest BCUT2D eigenvalue weighted by atomic mass is 16.4. The molecule has 0 bridgehead atoms. The Morgan fingerprint density at radius 2 is 1.78 bits per heavy atom. The number of anilines is 1. The molecule has 2 fully saturated rings. The Labute approximate surface area is 290 Å². The molecular formula is C39H39N7O4. The van der Waals surface area contributed by atoms with Crippen molar-refractivity contribution in [3.05, 3.63) is 88.0 Å². The number of nitriles is 1. The molecule has 1 saturated carbocycles. The van der Waals surface area contributed by atoms with Gasteiger partial charge < -0.3 is 19.4 Å². The maximum absolute atomic E-state index is 13.6. The van der Waals surface area contributed by atoms with Crippen LogP contribution in [0.3, 0.4) is 0 Å². The molecule has 1 saturated heterocycles. The van der Waals surface area contributed by atoms with E-state index in [4.69, 9.17) is 14.4 Å². The van der Waals surface area contributed by atoms with E-state index in [0.717, 1.165) is 70.0 Å². The summed E-state index contributed by atoms with van der Waals surface area (Å²) in [6.45, 7) is 7.57. The van der Waals surface area contributed by atoms with Crippen molar-refractivity contribution in [1.29, 1.82) is 5.26 Å². The summed E-state index contributed by atoms with van der Waals surface area (Å²) in [5, 5.41) is 22.5. The van der Waals surface area contributed by atoms with Crippen molar-refractivity contribution in [3.63, 3.8) is 0 Å². The number of oxazole rings is 1. The fraction of sp³-hybridized carbons (Fsp3) is 0.359. The molecule has 2 aliphatic heterocycles. The maximum Gasteiger partial charge on any atom is 0.307 e. The summed E-state index contributed by atoms with van der Waals surface area (Å²) in [6.07, 6.45) is 4.03. The highest BCUT2D eigenvalue weighted by molar-refractivity contribution is 6.03. The lowest BCUT2D eigenvalue weighted by Gasteiger charge is -2.26. The molecule has 4 heterocycles. The van der Waals surface area contributed by atoms with Gasteiger partial charge in [-0.1, -0.05) is 24.3 Å². The van der Waals surface area contributed by atoms with Crippen LogP contribution in [0.5, 0.6) is 0 Å². The number of rotatable bonds is 8. The fourth-order valence-corrected chi connectivity index (χ4v) is 7.72. The number of amides is 1. The van der Waals surface area contributed by atoms with E-state index in [-0.39, 0.29) is 11.8 Å². The number of nitrogens with one attached hydrogen (secondary N) is 1. The summed E-state index contributed by atoms with van der Waals surface area (Å²) in [5.41, 5.74) is 9.82. The second-order valence-electron chi connectivity index (χ2n) is 13.9. The van der Waals surface area contributed by atoms with Crippen LogP contribution in [-0.4, -0.2) is 67.0 Å². The quantitative estimate of drug-likeness (QED) is 0.202. The Kier molecular flexibility index (Phi) is 8.01. The SMILES string of the molecule is Cc1c(NC(=O)c2nc3c(n2C)CCN(C2CC2)C3)cccc1-c1cccc(-c2nc3cc(CN4CC[C@H](C(=O)O)C4)cc(C#N)c3o2)c1C. The molecule has 0 radical (unpaired) electrons. The molecule has 2 aromatic heterocycles. The summed E-state index contributed by atoms with van der Waals surface area (Å²) in [6, 6.07) is 18.5. The summed E-state index contributed by atoms with van der Waals surface area (Å²) < 4.78 is 8.20. The third-order valence-electron chi connectivity index (χ3n) is 10.7. The van der Waals surface area contributed by atoms with E-state index in [0.29, 0.717) is 60.5 Å². The van der Waals surface area contributed by atoms with Crippen LogP contribution in [-0.2, 0) is 31.4 Å². The number of carboxylic acids is 1. The molecule has 2 N–H and O–H groups in total. The number of fused-ring (bicyclic) bond motifs is 2. The lowest BCUT2D eigenvalue weighted by Crippen LogP contribution is -2.32. The van der Waals surface area contributed by atoms with E-state index in [1.807, 2.05) is 67.9 Å². The van der Waals surface area contributed by atoms with Crippen LogP contribution in [0.1, 0.15) is 63.5 Å². The zero-order chi connectivity index (χ0) is 34.7. The molecule has 0 spiro atoms. The number of benzene rings is 3. The van der Waals surface area contributed by atoms with Gasteiger partial charge in [-0.3, -0.25) is 19.4 Å². The number of aromatic nitrogens is 3. The lowest BCUT2D eigenvalue weighted by molar-refractivity contribution is -0.141. The number of aliphatic carboxylic acids is 1. The van der Waals surface area contributed by atoms with Gasteiger partial charge in [0.2, 0.25) is 5.89 Å². The number of imidazole rings is 1. The van der Waals surface area contributed by atoms with Crippen molar-refractivity contribution < 1.29 is 19.1 Å². The minimum absolute atomic E-state index is 0.226. The van der Waals surface area contributed by atoms with Crippen molar-refractivity contribution in [3.8, 4) is 28.7 Å². The standard InChI is InChI=1S/C39H39N7O4/c1-22-28(29-7-5-9-31(23(29)2)42-37(47)36-41-33-21-46(27-10-11-27)15-13-34(33)44(36)3)6-4-8-30(22)38-43-32-17-24(16-26(18-40)35(32)50-38)19-45-14-12-25(20-45)39(48)49/h4-9,16-17,25,27H,10-15,19-21H2,1-3H3,(H,42,47)(H,48,49)/t25-/m0/s1. The van der Waals surface area contributed by atoms with Crippen LogP contribution >= 0.6 is 0 Å². The first kappa shape index (κ1) is 31.9. The van der Waals surface area contributed by atoms with Gasteiger partial charge in [0.05, 0.1) is 17.2 Å². The Hall–Kier alpha value is -5.31. The van der Waals surface area contributed by atoms with E-state index < -0.39 is 5.97 Å². The molecule has 254 valence electrons. The molecule has 3 aromatic carbocycles. The summed E-state index contributed by atoms with van der Waals surface area (Å²) >= 11 is 0. The topological polar surface area (TPSA) is 141 Å². The van der Waals surface area contributed by atoms with Crippen molar-refractivity contribution in [2.75, 3.05) is 25.0 Å². The summed E-state index contributed by atoms with van der Waals surface area (Å²) in [5.74, 6) is -0.518. The average Bonchev–Trinajstić information content (AvgIpc) is 3.55. The number of carbonyl (C=O) groups excluding carboxylic acids is 1. The fourth-order valence-electron chi connectivity index (χ4n) is 7.72. The van der Waals surface area contributed by atoms with Crippen LogP contribution in [0.2, 0.25) is 0 Å². The highest BCUT2D eigenvalue weighted by Crippen LogP contribution is 2.37. The first-order chi connectivity index (χ1) is 24.2. The molecule has 0 unspecified atom stereocenters. The van der Waals surface area contributed by atoms with Gasteiger partial charge in [-0.25, -0.2) is 9.97 Å². The predicted molar refractivity (Wildman–Crippen MR) is 188 cm³/mol. The molecule has 1 atom stereocenters. The van der Waals surface area contributed by atoms with Crippen molar-refractivity contribution in [2.45, 2.75) is 58.7 Å². The molecule has 1 aliphatic carbocycles. The van der Waals surface area contributed by atoms with Crippen LogP contribution < -0.4 is 5.32 Å². The number of carbonyl (C=O) groups is 2. The third kappa shape index (κ3) is 5.74. The number of nitrogens with zero attached hydrogens (tertiary/aromatic N) is 6. The van der Waals surface area contributed by atoms with Gasteiger partial charge in [0.25, 0.3) is 5.91 Å². The molecule has 1 amide bonds. The van der Waals surface area contributed by atoms with E-state index in [1.54, 1.807) is 6.07 Å². The zero-order valence-corrected chi connectivity index (χ0v) is 28.5. The van der Waals surface area contributed by atoms with Gasteiger partial charge in [0.1, 0.15) is 11.6 Å². The third-order valence-corrected chi connectivity index (χ3v) is 10.7. The van der Waals surface area contributed by atoms with E-state index in [1.165, 1.54) is 12.8 Å². The van der Waals surface area contributed by atoms with E-state index in [2.05, 4.69) is 21.2 Å². The Morgan fingerprint density at radius 3 is 2.52 bits per heavy atom. The molecule has 3 aliphatic rings. The molecule has 50 heavy (non-hydrogen) atoms. The molecule has 8 rings (SSSR count). The first-order valence-electron chi connectivity index (χ1n) is 17.3. The summed E-state index contributed by atoms with van der Waals surface area (Å²) in [7, 11) is 1.93. The van der Waals surface area contributed by atoms with Gasteiger partial charge in [0, 0.05) is 62.6 Å². The normalized spacial score (nSPS) is 17.9. The van der Waals surface area contributed by atoms with Gasteiger partial charge in [-0.05, 0) is 91.7 Å². The monoisotopic (exact) mass is 669 g/mol. The van der Waals surface area contributed by atoms with Crippen LogP contribution in [0, 0.1) is 31.1 Å². The number of likely N-dealkylation sites (tertiary alicyclic amines) is 1. The molecule has 11 heteroatoms. The predicted octanol–water partition coefficient (Wildman–Crippen LogP) is 6.06. The van der Waals surface area contributed by atoms with Gasteiger partial charge in [-0.2, -0.15) is 5.26 Å². The zero-order valence-electron chi connectivity index (χ0n) is 28.5. The molecule has 11 nitrogen and oxygen atoms in total. The highest BCUT2D eigenvalue weighted by Gasteiger charge is 2.34. The van der Waals surface area contributed by atoms with E-state index in [9.17, 15) is 20.0 Å². The lowest BCUT2D eigenvalue weighted by atomic mass is 9.93. The Bertz CT molecular complexity index is 2220. The van der Waals surface area contributed by atoms with Crippen molar-refractivity contribution in [1.82, 2.24) is 24.3 Å². The second-order valence-corrected chi connectivity index (χ2v) is 13.9. The van der Waals surface area contributed by atoms with Crippen LogP contribution in [0.25, 0.3) is 33.7 Å². The number of hydrogen-bond acceptors (Lipinski definition) is 8. The molecular weight excluding hydrogens is 630 g/mol. The minimum atomic E-state index is -0.770. The van der Waals surface area contributed by atoms with Gasteiger partial charge in [0.15, 0.2) is 11.4 Å². The maximum atomic E-state index is 13.6. The Balaban J connectivity index is 1.06. The van der Waals surface area contributed by atoms with Gasteiger partial charge in [-0.15, -0.1) is 0 Å². The second kappa shape index (κ2) is 12.5. The van der Waals surface area contributed by atoms with Gasteiger partial charge >= 0.3 is 5.97 Å². The van der Waals surface area contributed by atoms with Crippen LogP contribution in [0.15, 0.2) is 52.9 Å². The Morgan fingerprint density at radius 1 is 1.02 bits per heavy atom. The smallest absolute Gasteiger partial charge is 0.307 e. The van der Waals surface area contributed by atoms with E-state index >= 15 is 0 Å². The number of carboxylic acid groups (broad SMARTS) is 1.